The van der Waals surface area contributed by atoms with Gasteiger partial charge in [0, 0.05) is 43.8 Å². The second-order valence-corrected chi connectivity index (χ2v) is 10.1. The van der Waals surface area contributed by atoms with Crippen LogP contribution in [0.5, 0.6) is 0 Å². The fraction of sp³-hybridized carbons (Fsp3) is 0.409. The summed E-state index contributed by atoms with van der Waals surface area (Å²) in [6.45, 7) is 8.36. The van der Waals surface area contributed by atoms with Crippen LogP contribution in [0, 0.1) is 25.7 Å². The first-order valence-electron chi connectivity index (χ1n) is 10.6. The molecule has 4 atom stereocenters. The predicted molar refractivity (Wildman–Crippen MR) is 118 cm³/mol. The Kier molecular flexibility index (Phi) is 4.12. The van der Waals surface area contributed by atoms with E-state index in [0.717, 1.165) is 65.9 Å². The third-order valence-corrected chi connectivity index (χ3v) is 8.11. The predicted octanol–water partition coefficient (Wildman–Crippen LogP) is 2.10. The number of hydrogen-bond donors (Lipinski definition) is 1. The van der Waals surface area contributed by atoms with E-state index in [1.807, 2.05) is 35.5 Å². The Morgan fingerprint density at radius 2 is 2.00 bits per heavy atom. The second-order valence-electron chi connectivity index (χ2n) is 8.72. The quantitative estimate of drug-likeness (QED) is 0.754. The molecular weight excluding hydrogens is 395 g/mol. The zero-order valence-electron chi connectivity index (χ0n) is 17.2. The lowest BCUT2D eigenvalue weighted by atomic mass is 10.0. The molecular formula is C22H25N6OP. The maximum absolute atomic E-state index is 13.0. The van der Waals surface area contributed by atoms with Crippen LogP contribution >= 0.6 is 8.58 Å². The van der Waals surface area contributed by atoms with Gasteiger partial charge in [-0.1, -0.05) is 14.7 Å². The molecule has 0 radical (unpaired) electrons. The number of carbonyl (C=O) groups is 1. The van der Waals surface area contributed by atoms with Crippen LogP contribution in [0.15, 0.2) is 42.4 Å². The number of amides is 1. The average Bonchev–Trinajstić information content (AvgIpc) is 3.42. The minimum atomic E-state index is 0.0414. The molecule has 0 spiro atoms. The van der Waals surface area contributed by atoms with E-state index in [2.05, 4.69) is 33.6 Å². The summed E-state index contributed by atoms with van der Waals surface area (Å²) < 4.78 is 1.88. The number of nitrogens with zero attached hydrogens (tertiary/aromatic N) is 5. The van der Waals surface area contributed by atoms with Crippen LogP contribution in [0.4, 0.5) is 0 Å². The number of allylic oxidation sites excluding steroid dienone is 1. The number of nitrogens with one attached hydrogen (secondary N) is 1. The molecule has 1 amide bonds. The van der Waals surface area contributed by atoms with Crippen LogP contribution in [0.1, 0.15) is 17.1 Å². The van der Waals surface area contributed by atoms with Crippen LogP contribution in [-0.2, 0) is 4.79 Å². The standard InChI is InChI=1S/C22H25N6OP/c1-13-9-28-19(14(2)24-13)5-18(25-28)20-6-21(29)27-12-17(3-4-22(27)30-20)26-10-15-7-23-8-16(15)11-26/h3-6,9,12,15-16,22-23,30H,7-8,10-11H2,1-2H3/t15-,16?,22?/m0/s1. The molecule has 1 N–H and O–H groups in total. The van der Waals surface area contributed by atoms with Gasteiger partial charge in [0.15, 0.2) is 0 Å². The number of fused-ring (bicyclic) bond motifs is 3. The number of aromatic nitrogens is 3. The van der Waals surface area contributed by atoms with Gasteiger partial charge in [-0.15, -0.1) is 0 Å². The SMILES string of the molecule is Cc1cn2nc(C3=CC(=O)N4C=C(N5CC6CNC[C@H]6C5)C=CC4P3)cc2c(C)n1. The lowest BCUT2D eigenvalue weighted by Gasteiger charge is -2.35. The molecule has 2 saturated heterocycles. The minimum Gasteiger partial charge on any atom is -0.370 e. The van der Waals surface area contributed by atoms with Crippen molar-refractivity contribution in [2.45, 2.75) is 19.6 Å². The maximum Gasteiger partial charge on any atom is 0.252 e. The third-order valence-electron chi connectivity index (χ3n) is 6.64. The molecule has 8 heteroatoms. The van der Waals surface area contributed by atoms with Gasteiger partial charge in [-0.25, -0.2) is 4.52 Å². The van der Waals surface area contributed by atoms with E-state index < -0.39 is 0 Å². The lowest BCUT2D eigenvalue weighted by Crippen LogP contribution is -2.37. The molecule has 7 nitrogen and oxygen atoms in total. The first-order valence-corrected chi connectivity index (χ1v) is 11.6. The molecule has 154 valence electrons. The van der Waals surface area contributed by atoms with Crippen LogP contribution in [0.2, 0.25) is 0 Å². The summed E-state index contributed by atoms with van der Waals surface area (Å²) in [6, 6.07) is 2.05. The van der Waals surface area contributed by atoms with Crippen molar-refractivity contribution in [3.05, 3.63) is 59.5 Å². The zero-order valence-corrected chi connectivity index (χ0v) is 18.2. The van der Waals surface area contributed by atoms with E-state index in [4.69, 9.17) is 5.10 Å². The van der Waals surface area contributed by atoms with Gasteiger partial charge >= 0.3 is 0 Å². The minimum absolute atomic E-state index is 0.0414. The Bertz CT molecular complexity index is 1140. The summed E-state index contributed by atoms with van der Waals surface area (Å²) in [5.41, 5.74) is 4.93. The monoisotopic (exact) mass is 420 g/mol. The van der Waals surface area contributed by atoms with Gasteiger partial charge in [0.25, 0.3) is 5.91 Å². The fourth-order valence-electron chi connectivity index (χ4n) is 5.09. The fourth-order valence-corrected chi connectivity index (χ4v) is 6.42. The largest absolute Gasteiger partial charge is 0.370 e. The second kappa shape index (κ2) is 6.76. The highest BCUT2D eigenvalue weighted by Gasteiger charge is 2.38. The molecule has 0 bridgehead atoms. The summed E-state index contributed by atoms with van der Waals surface area (Å²) >= 11 is 0. The van der Waals surface area contributed by atoms with E-state index in [0.29, 0.717) is 8.58 Å². The van der Waals surface area contributed by atoms with E-state index in [-0.39, 0.29) is 11.7 Å². The summed E-state index contributed by atoms with van der Waals surface area (Å²) in [6.07, 6.45) is 10.2. The molecule has 4 aliphatic heterocycles. The van der Waals surface area contributed by atoms with Crippen molar-refractivity contribution in [3.63, 3.8) is 0 Å². The van der Waals surface area contributed by atoms with E-state index >= 15 is 0 Å². The molecule has 6 heterocycles. The van der Waals surface area contributed by atoms with Gasteiger partial charge in [-0.2, -0.15) is 5.10 Å². The Balaban J connectivity index is 1.27. The van der Waals surface area contributed by atoms with Crippen molar-refractivity contribution < 1.29 is 4.79 Å². The third kappa shape index (κ3) is 2.91. The van der Waals surface area contributed by atoms with E-state index in [1.165, 1.54) is 5.70 Å². The summed E-state index contributed by atoms with van der Waals surface area (Å²) in [4.78, 5) is 21.9. The molecule has 6 rings (SSSR count). The van der Waals surface area contributed by atoms with Gasteiger partial charge in [0.1, 0.15) is 0 Å². The summed E-state index contributed by atoms with van der Waals surface area (Å²) in [5.74, 6) is 1.59. The normalized spacial score (nSPS) is 28.9. The molecule has 3 unspecified atom stereocenters. The molecule has 0 aliphatic carbocycles. The first kappa shape index (κ1) is 18.3. The lowest BCUT2D eigenvalue weighted by molar-refractivity contribution is -0.123. The number of hydrogen-bond acceptors (Lipinski definition) is 5. The van der Waals surface area contributed by atoms with Gasteiger partial charge in [-0.05, 0) is 37.8 Å². The van der Waals surface area contributed by atoms with Crippen LogP contribution < -0.4 is 5.32 Å². The van der Waals surface area contributed by atoms with Gasteiger partial charge in [-0.3, -0.25) is 9.78 Å². The molecule has 30 heavy (non-hydrogen) atoms. The van der Waals surface area contributed by atoms with Crippen molar-refractivity contribution in [2.75, 3.05) is 26.2 Å². The number of carbonyl (C=O) groups excluding carboxylic acids is 1. The van der Waals surface area contributed by atoms with E-state index in [9.17, 15) is 4.79 Å². The number of likely N-dealkylation sites (tertiary alicyclic amines) is 1. The van der Waals surface area contributed by atoms with Crippen molar-refractivity contribution >= 4 is 25.3 Å². The maximum atomic E-state index is 13.0. The Morgan fingerprint density at radius 1 is 1.20 bits per heavy atom. The van der Waals surface area contributed by atoms with Crippen LogP contribution in [-0.4, -0.2) is 62.3 Å². The number of rotatable bonds is 2. The highest BCUT2D eigenvalue weighted by Crippen LogP contribution is 2.45. The molecule has 2 aromatic heterocycles. The van der Waals surface area contributed by atoms with Crippen molar-refractivity contribution in [1.82, 2.24) is 29.7 Å². The molecule has 4 aliphatic rings. The number of aryl methyl sites for hydroxylation is 2. The Labute approximate surface area is 177 Å². The first-order chi connectivity index (χ1) is 14.5. The summed E-state index contributed by atoms with van der Waals surface area (Å²) in [5, 5.41) is 9.24. The Morgan fingerprint density at radius 3 is 2.80 bits per heavy atom. The topological polar surface area (TPSA) is 65.8 Å². The molecule has 0 aromatic carbocycles. The smallest absolute Gasteiger partial charge is 0.252 e. The molecule has 0 saturated carbocycles. The molecule has 2 aromatic rings. The van der Waals surface area contributed by atoms with Crippen molar-refractivity contribution in [3.8, 4) is 0 Å². The van der Waals surface area contributed by atoms with Gasteiger partial charge in [0.05, 0.1) is 40.3 Å². The Hall–Kier alpha value is -2.50. The average molecular weight is 420 g/mol. The zero-order chi connectivity index (χ0) is 20.4. The van der Waals surface area contributed by atoms with Gasteiger partial charge < -0.3 is 15.1 Å². The molecule has 2 fully saturated rings. The highest BCUT2D eigenvalue weighted by atomic mass is 31.1. The van der Waals surface area contributed by atoms with Crippen LogP contribution in [0.3, 0.4) is 0 Å². The van der Waals surface area contributed by atoms with E-state index in [1.54, 1.807) is 6.08 Å². The van der Waals surface area contributed by atoms with Gasteiger partial charge in [0.2, 0.25) is 0 Å². The summed E-state index contributed by atoms with van der Waals surface area (Å²) in [7, 11) is 0.476. The van der Waals surface area contributed by atoms with Crippen molar-refractivity contribution in [1.29, 1.82) is 0 Å². The highest BCUT2D eigenvalue weighted by molar-refractivity contribution is 7.51. The van der Waals surface area contributed by atoms with Crippen molar-refractivity contribution in [2.24, 2.45) is 11.8 Å². The van der Waals surface area contributed by atoms with Crippen LogP contribution in [0.25, 0.3) is 10.8 Å².